The lowest BCUT2D eigenvalue weighted by Crippen LogP contribution is -2.38. The molecule has 6 heteroatoms. The van der Waals surface area contributed by atoms with Crippen molar-refractivity contribution in [3.63, 3.8) is 0 Å². The summed E-state index contributed by atoms with van der Waals surface area (Å²) in [5, 5.41) is 5.44. The fraction of sp³-hybridized carbons (Fsp3) is 0.385. The van der Waals surface area contributed by atoms with Crippen molar-refractivity contribution in [1.29, 1.82) is 0 Å². The van der Waals surface area contributed by atoms with Gasteiger partial charge in [-0.2, -0.15) is 0 Å². The third-order valence-electron chi connectivity index (χ3n) is 2.62. The Kier molecular flexibility index (Phi) is 6.52. The highest BCUT2D eigenvalue weighted by molar-refractivity contribution is 9.10. The summed E-state index contributed by atoms with van der Waals surface area (Å²) in [5.41, 5.74) is 5.97. The second-order valence-electron chi connectivity index (χ2n) is 4.19. The predicted octanol–water partition coefficient (Wildman–Crippen LogP) is 0.890. The van der Waals surface area contributed by atoms with Crippen LogP contribution in [0.1, 0.15) is 17.3 Å². The molecule has 0 aliphatic rings. The van der Waals surface area contributed by atoms with E-state index in [4.69, 9.17) is 5.73 Å². The minimum Gasteiger partial charge on any atom is -0.354 e. The molecule has 1 aromatic rings. The van der Waals surface area contributed by atoms with E-state index in [9.17, 15) is 9.59 Å². The molecule has 19 heavy (non-hydrogen) atoms. The number of amides is 2. The van der Waals surface area contributed by atoms with Crippen LogP contribution >= 0.6 is 15.9 Å². The van der Waals surface area contributed by atoms with Gasteiger partial charge in [-0.05, 0) is 24.3 Å². The van der Waals surface area contributed by atoms with Crippen LogP contribution in [0.15, 0.2) is 28.7 Å². The number of hydrogen-bond acceptors (Lipinski definition) is 3. The number of hydrogen-bond donors (Lipinski definition) is 3. The van der Waals surface area contributed by atoms with E-state index in [1.54, 1.807) is 31.2 Å². The molecule has 0 spiro atoms. The normalized spacial score (nSPS) is 11.7. The van der Waals surface area contributed by atoms with Crippen molar-refractivity contribution in [2.24, 2.45) is 11.7 Å². The predicted molar refractivity (Wildman–Crippen MR) is 77.7 cm³/mol. The van der Waals surface area contributed by atoms with Gasteiger partial charge in [-0.15, -0.1) is 0 Å². The summed E-state index contributed by atoms with van der Waals surface area (Å²) in [5.74, 6) is -0.462. The summed E-state index contributed by atoms with van der Waals surface area (Å²) in [7, 11) is 0. The molecule has 0 saturated heterocycles. The minimum atomic E-state index is -0.206. The molecule has 0 aromatic heterocycles. The van der Waals surface area contributed by atoms with Crippen molar-refractivity contribution in [1.82, 2.24) is 10.6 Å². The van der Waals surface area contributed by atoms with Crippen LogP contribution in [-0.2, 0) is 4.79 Å². The Hall–Kier alpha value is -1.40. The third-order valence-corrected chi connectivity index (χ3v) is 3.15. The second-order valence-corrected chi connectivity index (χ2v) is 5.11. The van der Waals surface area contributed by atoms with Gasteiger partial charge in [-0.3, -0.25) is 9.59 Å². The fourth-order valence-electron chi connectivity index (χ4n) is 1.35. The standard InChI is InChI=1S/C13H18BrN3O2/c1-9(8-15)12(18)16-6-7-17-13(19)10-2-4-11(14)5-3-10/h2-5,9H,6-8,15H2,1H3,(H,16,18)(H,17,19). The van der Waals surface area contributed by atoms with Crippen molar-refractivity contribution >= 4 is 27.7 Å². The van der Waals surface area contributed by atoms with Crippen LogP contribution in [0.25, 0.3) is 0 Å². The molecule has 0 fully saturated rings. The first kappa shape index (κ1) is 15.7. The maximum absolute atomic E-state index is 11.7. The zero-order chi connectivity index (χ0) is 14.3. The molecule has 0 bridgehead atoms. The van der Waals surface area contributed by atoms with E-state index in [0.717, 1.165) is 4.47 Å². The van der Waals surface area contributed by atoms with E-state index in [2.05, 4.69) is 26.6 Å². The zero-order valence-corrected chi connectivity index (χ0v) is 12.4. The fourth-order valence-corrected chi connectivity index (χ4v) is 1.61. The summed E-state index contributed by atoms with van der Waals surface area (Å²) in [6, 6.07) is 7.07. The Morgan fingerprint density at radius 1 is 1.21 bits per heavy atom. The molecule has 1 rings (SSSR count). The third kappa shape index (κ3) is 5.40. The highest BCUT2D eigenvalue weighted by atomic mass is 79.9. The van der Waals surface area contributed by atoms with Gasteiger partial charge in [-0.1, -0.05) is 22.9 Å². The van der Waals surface area contributed by atoms with Gasteiger partial charge in [-0.25, -0.2) is 0 Å². The van der Waals surface area contributed by atoms with Crippen molar-refractivity contribution in [2.75, 3.05) is 19.6 Å². The van der Waals surface area contributed by atoms with Gasteiger partial charge in [0.1, 0.15) is 0 Å². The van der Waals surface area contributed by atoms with Crippen molar-refractivity contribution in [2.45, 2.75) is 6.92 Å². The van der Waals surface area contributed by atoms with Crippen LogP contribution in [0, 0.1) is 5.92 Å². The Labute approximate surface area is 121 Å². The zero-order valence-electron chi connectivity index (χ0n) is 10.8. The summed E-state index contributed by atoms with van der Waals surface area (Å²) < 4.78 is 0.923. The minimum absolute atomic E-state index is 0.0969. The average Bonchev–Trinajstić information content (AvgIpc) is 2.42. The molecule has 5 nitrogen and oxygen atoms in total. The van der Waals surface area contributed by atoms with E-state index in [0.29, 0.717) is 25.2 Å². The lowest BCUT2D eigenvalue weighted by atomic mass is 10.2. The molecule has 0 saturated carbocycles. The van der Waals surface area contributed by atoms with Crippen molar-refractivity contribution in [3.8, 4) is 0 Å². The molecule has 2 amide bonds. The largest absolute Gasteiger partial charge is 0.354 e. The summed E-state index contributed by atoms with van der Waals surface area (Å²) >= 11 is 3.31. The van der Waals surface area contributed by atoms with Crippen molar-refractivity contribution in [3.05, 3.63) is 34.3 Å². The van der Waals surface area contributed by atoms with Crippen LogP contribution in [0.4, 0.5) is 0 Å². The van der Waals surface area contributed by atoms with Gasteiger partial charge in [0.15, 0.2) is 0 Å². The number of nitrogens with two attached hydrogens (primary N) is 1. The van der Waals surface area contributed by atoms with Gasteiger partial charge in [0, 0.05) is 35.6 Å². The Morgan fingerprint density at radius 3 is 2.37 bits per heavy atom. The van der Waals surface area contributed by atoms with Gasteiger partial charge >= 0.3 is 0 Å². The quantitative estimate of drug-likeness (QED) is 0.678. The van der Waals surface area contributed by atoms with Crippen molar-refractivity contribution < 1.29 is 9.59 Å². The molecular weight excluding hydrogens is 310 g/mol. The second kappa shape index (κ2) is 7.91. The molecule has 1 atom stereocenters. The van der Waals surface area contributed by atoms with E-state index in [-0.39, 0.29) is 17.7 Å². The molecule has 0 aliphatic carbocycles. The molecule has 4 N–H and O–H groups in total. The van der Waals surface area contributed by atoms with E-state index in [1.165, 1.54) is 0 Å². The monoisotopic (exact) mass is 327 g/mol. The summed E-state index contributed by atoms with van der Waals surface area (Å²) in [6.45, 7) is 2.86. The Balaban J connectivity index is 2.28. The summed E-state index contributed by atoms with van der Waals surface area (Å²) in [4.78, 5) is 23.1. The number of rotatable bonds is 6. The maximum Gasteiger partial charge on any atom is 0.251 e. The maximum atomic E-state index is 11.7. The number of benzene rings is 1. The Morgan fingerprint density at radius 2 is 1.79 bits per heavy atom. The SMILES string of the molecule is CC(CN)C(=O)NCCNC(=O)c1ccc(Br)cc1. The first-order valence-corrected chi connectivity index (χ1v) is 6.85. The lowest BCUT2D eigenvalue weighted by Gasteiger charge is -2.10. The van der Waals surface area contributed by atoms with E-state index < -0.39 is 0 Å². The number of halogens is 1. The molecule has 0 heterocycles. The first-order chi connectivity index (χ1) is 9.04. The Bertz CT molecular complexity index is 434. The van der Waals surface area contributed by atoms with Crippen LogP contribution in [0.3, 0.4) is 0 Å². The highest BCUT2D eigenvalue weighted by Crippen LogP contribution is 2.10. The molecule has 104 valence electrons. The van der Waals surface area contributed by atoms with Gasteiger partial charge in [0.2, 0.25) is 5.91 Å². The van der Waals surface area contributed by atoms with Crippen LogP contribution in [-0.4, -0.2) is 31.4 Å². The molecule has 0 radical (unpaired) electrons. The van der Waals surface area contributed by atoms with Gasteiger partial charge in [0.05, 0.1) is 0 Å². The van der Waals surface area contributed by atoms with E-state index >= 15 is 0 Å². The highest BCUT2D eigenvalue weighted by Gasteiger charge is 2.09. The smallest absolute Gasteiger partial charge is 0.251 e. The van der Waals surface area contributed by atoms with E-state index in [1.807, 2.05) is 0 Å². The molecule has 0 aliphatic heterocycles. The number of nitrogens with one attached hydrogen (secondary N) is 2. The molecule has 1 unspecified atom stereocenters. The van der Waals surface area contributed by atoms with Crippen LogP contribution < -0.4 is 16.4 Å². The van der Waals surface area contributed by atoms with Crippen LogP contribution in [0.5, 0.6) is 0 Å². The summed E-state index contributed by atoms with van der Waals surface area (Å²) in [6.07, 6.45) is 0. The molecular formula is C13H18BrN3O2. The van der Waals surface area contributed by atoms with Crippen LogP contribution in [0.2, 0.25) is 0 Å². The number of carbonyl (C=O) groups is 2. The lowest BCUT2D eigenvalue weighted by molar-refractivity contribution is -0.124. The molecule has 1 aromatic carbocycles. The number of carbonyl (C=O) groups excluding carboxylic acids is 2. The van der Waals surface area contributed by atoms with Gasteiger partial charge in [0.25, 0.3) is 5.91 Å². The average molecular weight is 328 g/mol. The van der Waals surface area contributed by atoms with Gasteiger partial charge < -0.3 is 16.4 Å². The topological polar surface area (TPSA) is 84.2 Å². The first-order valence-electron chi connectivity index (χ1n) is 6.06.